The molecule has 6 heteroatoms. The summed E-state index contributed by atoms with van der Waals surface area (Å²) in [4.78, 5) is 22.9. The molecule has 0 aromatic heterocycles. The number of hydrogen-bond acceptors (Lipinski definition) is 5. The summed E-state index contributed by atoms with van der Waals surface area (Å²) in [6, 6.07) is 7.12. The number of hydrogen-bond donors (Lipinski definition) is 1. The number of rotatable bonds is 9. The minimum absolute atomic E-state index is 0.142. The SMILES string of the molecule is CCOC(=O)CCCCCOc1ccc(NC(=O)OC(C)(C)C)cc1. The van der Waals surface area contributed by atoms with E-state index < -0.39 is 11.7 Å². The standard InChI is InChI=1S/C19H29NO5/c1-5-23-17(21)9-7-6-8-14-24-16-12-10-15(11-13-16)20-18(22)25-19(2,3)4/h10-13H,5-9,14H2,1-4H3,(H,20,22). The Morgan fingerprint density at radius 1 is 1.04 bits per heavy atom. The zero-order valence-electron chi connectivity index (χ0n) is 15.6. The summed E-state index contributed by atoms with van der Waals surface area (Å²) < 4.78 is 15.7. The first kappa shape index (κ1) is 20.8. The largest absolute Gasteiger partial charge is 0.494 e. The van der Waals surface area contributed by atoms with Crippen molar-refractivity contribution in [2.75, 3.05) is 18.5 Å². The molecule has 1 rings (SSSR count). The second kappa shape index (κ2) is 10.6. The molecule has 0 fully saturated rings. The van der Waals surface area contributed by atoms with Crippen LogP contribution in [0.15, 0.2) is 24.3 Å². The molecule has 0 radical (unpaired) electrons. The predicted octanol–water partition coefficient (Wildman–Crippen LogP) is 4.54. The molecule has 25 heavy (non-hydrogen) atoms. The van der Waals surface area contributed by atoms with Gasteiger partial charge in [-0.1, -0.05) is 0 Å². The number of ether oxygens (including phenoxy) is 3. The third-order valence-electron chi connectivity index (χ3n) is 3.10. The summed E-state index contributed by atoms with van der Waals surface area (Å²) >= 11 is 0. The van der Waals surface area contributed by atoms with Gasteiger partial charge in [0, 0.05) is 12.1 Å². The Morgan fingerprint density at radius 2 is 1.72 bits per heavy atom. The van der Waals surface area contributed by atoms with Gasteiger partial charge in [0.05, 0.1) is 13.2 Å². The van der Waals surface area contributed by atoms with Crippen molar-refractivity contribution < 1.29 is 23.8 Å². The fraction of sp³-hybridized carbons (Fsp3) is 0.579. The average molecular weight is 351 g/mol. The maximum Gasteiger partial charge on any atom is 0.412 e. The molecule has 0 aliphatic carbocycles. The van der Waals surface area contributed by atoms with Gasteiger partial charge in [0.2, 0.25) is 0 Å². The van der Waals surface area contributed by atoms with Crippen molar-refractivity contribution in [1.29, 1.82) is 0 Å². The number of carbonyl (C=O) groups is 2. The highest BCUT2D eigenvalue weighted by molar-refractivity contribution is 5.84. The Hall–Kier alpha value is -2.24. The molecular weight excluding hydrogens is 322 g/mol. The molecule has 0 bridgehead atoms. The Kier molecular flexibility index (Phi) is 8.81. The molecule has 0 saturated heterocycles. The van der Waals surface area contributed by atoms with Crippen molar-refractivity contribution in [1.82, 2.24) is 0 Å². The first-order valence-electron chi connectivity index (χ1n) is 8.68. The van der Waals surface area contributed by atoms with Crippen molar-refractivity contribution in [3.05, 3.63) is 24.3 Å². The molecule has 1 amide bonds. The summed E-state index contributed by atoms with van der Waals surface area (Å²) in [5.41, 5.74) is 0.122. The first-order valence-corrected chi connectivity index (χ1v) is 8.68. The normalized spacial score (nSPS) is 10.9. The van der Waals surface area contributed by atoms with Gasteiger partial charge in [0.1, 0.15) is 11.4 Å². The van der Waals surface area contributed by atoms with Crippen LogP contribution in [0.25, 0.3) is 0 Å². The molecule has 0 aliphatic heterocycles. The van der Waals surface area contributed by atoms with Crippen molar-refractivity contribution in [2.45, 2.75) is 59.0 Å². The molecule has 0 atom stereocenters. The van der Waals surface area contributed by atoms with Gasteiger partial charge in [-0.05, 0) is 71.2 Å². The van der Waals surface area contributed by atoms with Gasteiger partial charge >= 0.3 is 12.1 Å². The number of esters is 1. The van der Waals surface area contributed by atoms with E-state index in [1.54, 1.807) is 31.2 Å². The summed E-state index contributed by atoms with van der Waals surface area (Å²) in [5.74, 6) is 0.594. The van der Waals surface area contributed by atoms with Crippen molar-refractivity contribution >= 4 is 17.7 Å². The zero-order chi connectivity index (χ0) is 18.7. The molecule has 0 aliphatic rings. The number of nitrogens with one attached hydrogen (secondary N) is 1. The minimum Gasteiger partial charge on any atom is -0.494 e. The maximum atomic E-state index is 11.7. The number of anilines is 1. The Balaban J connectivity index is 2.22. The lowest BCUT2D eigenvalue weighted by molar-refractivity contribution is -0.143. The van der Waals surface area contributed by atoms with Crippen LogP contribution in [0.1, 0.15) is 53.4 Å². The van der Waals surface area contributed by atoms with Crippen molar-refractivity contribution in [2.24, 2.45) is 0 Å². The molecule has 1 N–H and O–H groups in total. The van der Waals surface area contributed by atoms with Gasteiger partial charge in [-0.15, -0.1) is 0 Å². The van der Waals surface area contributed by atoms with E-state index in [4.69, 9.17) is 14.2 Å². The van der Waals surface area contributed by atoms with Crippen LogP contribution in [0.3, 0.4) is 0 Å². The lowest BCUT2D eigenvalue weighted by Crippen LogP contribution is -2.27. The molecule has 0 heterocycles. The van der Waals surface area contributed by atoms with E-state index >= 15 is 0 Å². The second-order valence-corrected chi connectivity index (χ2v) is 6.62. The molecule has 0 saturated carbocycles. The number of unbranched alkanes of at least 4 members (excludes halogenated alkanes) is 2. The van der Waals surface area contributed by atoms with E-state index in [9.17, 15) is 9.59 Å². The van der Waals surface area contributed by atoms with E-state index in [2.05, 4.69) is 5.32 Å². The second-order valence-electron chi connectivity index (χ2n) is 6.62. The van der Waals surface area contributed by atoms with Crippen LogP contribution in [-0.2, 0) is 14.3 Å². The number of amides is 1. The van der Waals surface area contributed by atoms with E-state index in [1.807, 2.05) is 20.8 Å². The number of carbonyl (C=O) groups excluding carboxylic acids is 2. The van der Waals surface area contributed by atoms with Crippen LogP contribution < -0.4 is 10.1 Å². The van der Waals surface area contributed by atoms with Crippen LogP contribution >= 0.6 is 0 Å². The molecule has 140 valence electrons. The van der Waals surface area contributed by atoms with Crippen molar-refractivity contribution in [3.8, 4) is 5.75 Å². The fourth-order valence-corrected chi connectivity index (χ4v) is 2.03. The highest BCUT2D eigenvalue weighted by Gasteiger charge is 2.16. The van der Waals surface area contributed by atoms with E-state index in [0.717, 1.165) is 25.0 Å². The topological polar surface area (TPSA) is 73.9 Å². The first-order chi connectivity index (χ1) is 11.8. The Bertz CT molecular complexity index is 534. The minimum atomic E-state index is -0.527. The van der Waals surface area contributed by atoms with Crippen LogP contribution in [0.2, 0.25) is 0 Å². The van der Waals surface area contributed by atoms with Crippen LogP contribution in [0.4, 0.5) is 10.5 Å². The molecule has 0 spiro atoms. The molecular formula is C19H29NO5. The third kappa shape index (κ3) is 10.3. The van der Waals surface area contributed by atoms with E-state index in [-0.39, 0.29) is 5.97 Å². The third-order valence-corrected chi connectivity index (χ3v) is 3.10. The van der Waals surface area contributed by atoms with Gasteiger partial charge in [0.25, 0.3) is 0 Å². The smallest absolute Gasteiger partial charge is 0.412 e. The molecule has 1 aromatic rings. The number of benzene rings is 1. The lowest BCUT2D eigenvalue weighted by Gasteiger charge is -2.19. The fourth-order valence-electron chi connectivity index (χ4n) is 2.03. The summed E-state index contributed by atoms with van der Waals surface area (Å²) in [6.45, 7) is 8.27. The van der Waals surface area contributed by atoms with Crippen molar-refractivity contribution in [3.63, 3.8) is 0 Å². The van der Waals surface area contributed by atoms with Gasteiger partial charge in [-0.3, -0.25) is 10.1 Å². The summed E-state index contributed by atoms with van der Waals surface area (Å²) in [6.07, 6.45) is 2.57. The van der Waals surface area contributed by atoms with Crippen LogP contribution in [0.5, 0.6) is 5.75 Å². The quantitative estimate of drug-likeness (QED) is 0.522. The average Bonchev–Trinajstić information content (AvgIpc) is 2.50. The van der Waals surface area contributed by atoms with E-state index in [1.165, 1.54) is 0 Å². The van der Waals surface area contributed by atoms with E-state index in [0.29, 0.717) is 25.3 Å². The highest BCUT2D eigenvalue weighted by Crippen LogP contribution is 2.17. The maximum absolute atomic E-state index is 11.7. The Morgan fingerprint density at radius 3 is 2.32 bits per heavy atom. The zero-order valence-corrected chi connectivity index (χ0v) is 15.6. The monoisotopic (exact) mass is 351 g/mol. The molecule has 6 nitrogen and oxygen atoms in total. The highest BCUT2D eigenvalue weighted by atomic mass is 16.6. The van der Waals surface area contributed by atoms with Crippen LogP contribution in [-0.4, -0.2) is 30.9 Å². The van der Waals surface area contributed by atoms with Gasteiger partial charge in [-0.2, -0.15) is 0 Å². The summed E-state index contributed by atoms with van der Waals surface area (Å²) in [7, 11) is 0. The lowest BCUT2D eigenvalue weighted by atomic mass is 10.2. The van der Waals surface area contributed by atoms with Gasteiger partial charge in [-0.25, -0.2) is 4.79 Å². The van der Waals surface area contributed by atoms with Gasteiger partial charge < -0.3 is 14.2 Å². The molecule has 1 aromatic carbocycles. The Labute approximate surface area is 149 Å². The predicted molar refractivity (Wildman–Crippen MR) is 96.9 cm³/mol. The van der Waals surface area contributed by atoms with Gasteiger partial charge in [0.15, 0.2) is 0 Å². The molecule has 0 unspecified atom stereocenters. The van der Waals surface area contributed by atoms with Crippen LogP contribution in [0, 0.1) is 0 Å². The summed E-state index contributed by atoms with van der Waals surface area (Å²) in [5, 5.41) is 2.67.